The minimum atomic E-state index is -0.741. The zero-order chi connectivity index (χ0) is 11.2. The number of aryl methyl sites for hydroxylation is 1. The van der Waals surface area contributed by atoms with Gasteiger partial charge in [-0.25, -0.2) is 0 Å². The fraction of sp³-hybridized carbons (Fsp3) is 0.545. The summed E-state index contributed by atoms with van der Waals surface area (Å²) in [5.41, 5.74) is 1.46. The van der Waals surface area contributed by atoms with Gasteiger partial charge in [0.25, 0.3) is 0 Å². The van der Waals surface area contributed by atoms with Gasteiger partial charge < -0.3 is 5.11 Å². The van der Waals surface area contributed by atoms with Crippen molar-refractivity contribution in [2.45, 2.75) is 26.7 Å². The lowest BCUT2D eigenvalue weighted by Gasteiger charge is -2.03. The fourth-order valence-corrected chi connectivity index (χ4v) is 2.33. The Morgan fingerprint density at radius 1 is 1.40 bits per heavy atom. The Bertz CT molecular complexity index is 415. The van der Waals surface area contributed by atoms with Crippen LogP contribution in [0.3, 0.4) is 0 Å². The molecule has 15 heavy (non-hydrogen) atoms. The van der Waals surface area contributed by atoms with Crippen molar-refractivity contribution >= 4 is 5.97 Å². The van der Waals surface area contributed by atoms with Crippen LogP contribution < -0.4 is 0 Å². The second-order valence-corrected chi connectivity index (χ2v) is 4.64. The average molecular weight is 206 g/mol. The average Bonchev–Trinajstić information content (AvgIpc) is 2.70. The molecule has 1 aromatic heterocycles. The monoisotopic (exact) mass is 206 g/mol. The maximum atomic E-state index is 11.0. The van der Waals surface area contributed by atoms with Crippen molar-refractivity contribution in [3.8, 4) is 0 Å². The molecule has 0 radical (unpaired) electrons. The van der Waals surface area contributed by atoms with Gasteiger partial charge >= 0.3 is 5.97 Å². The second kappa shape index (κ2) is 3.02. The van der Waals surface area contributed by atoms with E-state index < -0.39 is 5.97 Å². The van der Waals surface area contributed by atoms with Gasteiger partial charge in [-0.05, 0) is 12.3 Å². The molecule has 0 bridgehead atoms. The minimum Gasteiger partial charge on any atom is -0.481 e. The quantitative estimate of drug-likeness (QED) is 0.798. The zero-order valence-corrected chi connectivity index (χ0v) is 9.06. The van der Waals surface area contributed by atoms with E-state index in [4.69, 9.17) is 5.11 Å². The SMILES string of the molecule is Cc1nccnc1C1C(C(=O)O)C1(C)C. The highest BCUT2D eigenvalue weighted by molar-refractivity contribution is 5.77. The van der Waals surface area contributed by atoms with E-state index in [0.717, 1.165) is 11.4 Å². The van der Waals surface area contributed by atoms with Crippen LogP contribution in [-0.4, -0.2) is 21.0 Å². The molecule has 1 fully saturated rings. The molecule has 4 nitrogen and oxygen atoms in total. The lowest BCUT2D eigenvalue weighted by molar-refractivity contribution is -0.139. The van der Waals surface area contributed by atoms with E-state index in [-0.39, 0.29) is 17.3 Å². The summed E-state index contributed by atoms with van der Waals surface area (Å²) in [5, 5.41) is 9.06. The normalized spacial score (nSPS) is 27.4. The maximum Gasteiger partial charge on any atom is 0.307 e. The van der Waals surface area contributed by atoms with Crippen LogP contribution in [0.25, 0.3) is 0 Å². The van der Waals surface area contributed by atoms with Gasteiger partial charge in [-0.3, -0.25) is 14.8 Å². The number of carboxylic acids is 1. The Morgan fingerprint density at radius 2 is 2.00 bits per heavy atom. The Hall–Kier alpha value is -1.45. The molecule has 0 spiro atoms. The molecule has 1 saturated carbocycles. The van der Waals surface area contributed by atoms with Crippen LogP contribution in [0.1, 0.15) is 31.2 Å². The number of carboxylic acid groups (broad SMARTS) is 1. The van der Waals surface area contributed by atoms with Gasteiger partial charge in [0.15, 0.2) is 0 Å². The van der Waals surface area contributed by atoms with Gasteiger partial charge in [0, 0.05) is 18.3 Å². The Kier molecular flexibility index (Phi) is 2.03. The molecule has 2 unspecified atom stereocenters. The minimum absolute atomic E-state index is 0.00343. The second-order valence-electron chi connectivity index (χ2n) is 4.64. The highest BCUT2D eigenvalue weighted by atomic mass is 16.4. The summed E-state index contributed by atoms with van der Waals surface area (Å²) in [6.07, 6.45) is 3.25. The number of hydrogen-bond acceptors (Lipinski definition) is 3. The van der Waals surface area contributed by atoms with Crippen molar-refractivity contribution < 1.29 is 9.90 Å². The van der Waals surface area contributed by atoms with Crippen LogP contribution in [0.15, 0.2) is 12.4 Å². The number of carbonyl (C=O) groups is 1. The molecule has 1 aliphatic rings. The highest BCUT2D eigenvalue weighted by Gasteiger charge is 2.64. The molecule has 1 aliphatic carbocycles. The third kappa shape index (κ3) is 1.40. The summed E-state index contributed by atoms with van der Waals surface area (Å²) < 4.78 is 0. The van der Waals surface area contributed by atoms with Crippen molar-refractivity contribution in [3.63, 3.8) is 0 Å². The molecule has 1 N–H and O–H groups in total. The molecular formula is C11H14N2O2. The first-order chi connectivity index (χ1) is 6.96. The van der Waals surface area contributed by atoms with Crippen LogP contribution in [0, 0.1) is 18.3 Å². The Balaban J connectivity index is 2.36. The van der Waals surface area contributed by atoms with Gasteiger partial charge in [0.1, 0.15) is 0 Å². The molecule has 4 heteroatoms. The highest BCUT2D eigenvalue weighted by Crippen LogP contribution is 2.64. The maximum absolute atomic E-state index is 11.0. The summed E-state index contributed by atoms with van der Waals surface area (Å²) in [4.78, 5) is 19.4. The molecule has 80 valence electrons. The van der Waals surface area contributed by atoms with E-state index >= 15 is 0 Å². The van der Waals surface area contributed by atoms with Crippen molar-refractivity contribution in [2.24, 2.45) is 11.3 Å². The van der Waals surface area contributed by atoms with Gasteiger partial charge in [-0.2, -0.15) is 0 Å². The molecule has 1 heterocycles. The van der Waals surface area contributed by atoms with E-state index in [9.17, 15) is 4.79 Å². The predicted molar refractivity (Wildman–Crippen MR) is 54.4 cm³/mol. The lowest BCUT2D eigenvalue weighted by atomic mass is 10.1. The standard InChI is InChI=1S/C11H14N2O2/c1-6-9(13-5-4-12-6)7-8(10(14)15)11(7,2)3/h4-5,7-8H,1-3H3,(H,14,15). The smallest absolute Gasteiger partial charge is 0.307 e. The predicted octanol–water partition coefficient (Wildman–Crippen LogP) is 1.61. The van der Waals surface area contributed by atoms with Crippen molar-refractivity contribution in [1.82, 2.24) is 9.97 Å². The summed E-state index contributed by atoms with van der Waals surface area (Å²) >= 11 is 0. The molecule has 1 aromatic rings. The van der Waals surface area contributed by atoms with E-state index in [1.54, 1.807) is 12.4 Å². The Labute approximate surface area is 88.4 Å². The topological polar surface area (TPSA) is 63.1 Å². The van der Waals surface area contributed by atoms with E-state index in [2.05, 4.69) is 9.97 Å². The molecular weight excluding hydrogens is 192 g/mol. The molecule has 2 atom stereocenters. The Morgan fingerprint density at radius 3 is 2.47 bits per heavy atom. The van der Waals surface area contributed by atoms with Gasteiger partial charge in [0.05, 0.1) is 17.3 Å². The van der Waals surface area contributed by atoms with Crippen LogP contribution in [-0.2, 0) is 4.79 Å². The van der Waals surface area contributed by atoms with Crippen LogP contribution >= 0.6 is 0 Å². The number of aliphatic carboxylic acids is 1. The largest absolute Gasteiger partial charge is 0.481 e. The molecule has 0 aromatic carbocycles. The fourth-order valence-electron chi connectivity index (χ4n) is 2.33. The first-order valence-corrected chi connectivity index (χ1v) is 4.96. The number of rotatable bonds is 2. The van der Waals surface area contributed by atoms with Crippen molar-refractivity contribution in [1.29, 1.82) is 0 Å². The number of nitrogens with zero attached hydrogens (tertiary/aromatic N) is 2. The van der Waals surface area contributed by atoms with Crippen LogP contribution in [0.4, 0.5) is 0 Å². The number of aromatic nitrogens is 2. The summed E-state index contributed by atoms with van der Waals surface area (Å²) in [6.45, 7) is 5.80. The summed E-state index contributed by atoms with van der Waals surface area (Å²) in [5.74, 6) is -1.06. The molecule has 0 saturated heterocycles. The molecule has 0 amide bonds. The third-order valence-corrected chi connectivity index (χ3v) is 3.31. The van der Waals surface area contributed by atoms with E-state index in [1.165, 1.54) is 0 Å². The van der Waals surface area contributed by atoms with Crippen LogP contribution in [0.5, 0.6) is 0 Å². The first kappa shape index (κ1) is 10.1. The zero-order valence-electron chi connectivity index (χ0n) is 9.06. The van der Waals surface area contributed by atoms with E-state index in [0.29, 0.717) is 0 Å². The first-order valence-electron chi connectivity index (χ1n) is 4.96. The van der Waals surface area contributed by atoms with Gasteiger partial charge in [-0.15, -0.1) is 0 Å². The van der Waals surface area contributed by atoms with Gasteiger partial charge in [0.2, 0.25) is 0 Å². The van der Waals surface area contributed by atoms with Crippen LogP contribution in [0.2, 0.25) is 0 Å². The summed E-state index contributed by atoms with van der Waals surface area (Å²) in [6, 6.07) is 0. The lowest BCUT2D eigenvalue weighted by Crippen LogP contribution is -2.03. The number of hydrogen-bond donors (Lipinski definition) is 1. The van der Waals surface area contributed by atoms with E-state index in [1.807, 2.05) is 20.8 Å². The van der Waals surface area contributed by atoms with Gasteiger partial charge in [-0.1, -0.05) is 13.8 Å². The molecule has 0 aliphatic heterocycles. The third-order valence-electron chi connectivity index (χ3n) is 3.31. The van der Waals surface area contributed by atoms with Crippen molar-refractivity contribution in [3.05, 3.63) is 23.8 Å². The van der Waals surface area contributed by atoms with Crippen molar-refractivity contribution in [2.75, 3.05) is 0 Å². The summed E-state index contributed by atoms with van der Waals surface area (Å²) in [7, 11) is 0. The molecule has 2 rings (SSSR count).